The smallest absolute Gasteiger partial charge is 0.226 e. The Morgan fingerprint density at radius 2 is 1.92 bits per heavy atom. The summed E-state index contributed by atoms with van der Waals surface area (Å²) in [5.74, 6) is 0.712. The second-order valence-electron chi connectivity index (χ2n) is 5.35. The van der Waals surface area contributed by atoms with Crippen molar-refractivity contribution in [2.45, 2.75) is 6.54 Å². The summed E-state index contributed by atoms with van der Waals surface area (Å²) in [5, 5.41) is 4.45. The van der Waals surface area contributed by atoms with E-state index in [1.807, 2.05) is 54.9 Å². The molecule has 3 heterocycles. The van der Waals surface area contributed by atoms with Gasteiger partial charge in [-0.3, -0.25) is 4.98 Å². The van der Waals surface area contributed by atoms with Crippen molar-refractivity contribution in [1.82, 2.24) is 19.9 Å². The highest BCUT2D eigenvalue weighted by Crippen LogP contribution is 2.22. The third kappa shape index (κ3) is 2.94. The topological polar surface area (TPSA) is 66.5 Å². The molecule has 0 atom stereocenters. The lowest BCUT2D eigenvalue weighted by Crippen LogP contribution is -2.03. The summed E-state index contributed by atoms with van der Waals surface area (Å²) in [6, 6.07) is 16.1. The van der Waals surface area contributed by atoms with Crippen LogP contribution in [-0.2, 0) is 6.54 Å². The van der Waals surface area contributed by atoms with E-state index in [0.717, 1.165) is 27.9 Å². The number of H-pyrrole nitrogens is 1. The van der Waals surface area contributed by atoms with Gasteiger partial charge in [-0.05, 0) is 35.4 Å². The van der Waals surface area contributed by atoms with Gasteiger partial charge in [0.2, 0.25) is 5.28 Å². The normalized spacial score (nSPS) is 10.9. The minimum atomic E-state index is 0.215. The van der Waals surface area contributed by atoms with Crippen LogP contribution in [0, 0.1) is 0 Å². The molecule has 0 unspecified atom stereocenters. The van der Waals surface area contributed by atoms with Crippen molar-refractivity contribution in [1.29, 1.82) is 0 Å². The van der Waals surface area contributed by atoms with Crippen molar-refractivity contribution in [3.8, 4) is 11.3 Å². The summed E-state index contributed by atoms with van der Waals surface area (Å²) in [6.45, 7) is 0.621. The first-order chi connectivity index (χ1) is 11.8. The zero-order chi connectivity index (χ0) is 16.4. The molecular formula is C18H14ClN5. The van der Waals surface area contributed by atoms with E-state index in [4.69, 9.17) is 11.6 Å². The molecule has 1 aromatic carbocycles. The molecule has 0 amide bonds. The molecular weight excluding hydrogens is 322 g/mol. The first-order valence-electron chi connectivity index (χ1n) is 7.54. The van der Waals surface area contributed by atoms with Crippen LogP contribution in [-0.4, -0.2) is 19.9 Å². The van der Waals surface area contributed by atoms with Crippen LogP contribution in [0.5, 0.6) is 0 Å². The number of rotatable bonds is 4. The van der Waals surface area contributed by atoms with Gasteiger partial charge in [0, 0.05) is 24.5 Å². The minimum Gasteiger partial charge on any atom is -0.365 e. The number of halogens is 1. The number of hydrogen-bond acceptors (Lipinski definition) is 4. The second-order valence-corrected chi connectivity index (χ2v) is 5.69. The predicted octanol–water partition coefficient (Wildman–Crippen LogP) is 4.29. The summed E-state index contributed by atoms with van der Waals surface area (Å²) in [5.41, 5.74) is 3.87. The monoisotopic (exact) mass is 335 g/mol. The molecule has 24 heavy (non-hydrogen) atoms. The Morgan fingerprint density at radius 1 is 1.04 bits per heavy atom. The fourth-order valence-corrected chi connectivity index (χ4v) is 2.75. The number of pyridine rings is 1. The number of aromatic nitrogens is 4. The maximum atomic E-state index is 5.98. The van der Waals surface area contributed by atoms with Crippen molar-refractivity contribution >= 4 is 28.5 Å². The van der Waals surface area contributed by atoms with Crippen molar-refractivity contribution in [3.63, 3.8) is 0 Å². The molecule has 0 aliphatic rings. The maximum Gasteiger partial charge on any atom is 0.226 e. The summed E-state index contributed by atoms with van der Waals surface area (Å²) < 4.78 is 0. The number of nitrogens with zero attached hydrogens (tertiary/aromatic N) is 3. The van der Waals surface area contributed by atoms with Crippen molar-refractivity contribution in [2.75, 3.05) is 5.32 Å². The second kappa shape index (κ2) is 6.29. The maximum absolute atomic E-state index is 5.98. The summed E-state index contributed by atoms with van der Waals surface area (Å²) >= 11 is 5.98. The Hall–Kier alpha value is -2.92. The van der Waals surface area contributed by atoms with E-state index in [-0.39, 0.29) is 5.28 Å². The zero-order valence-electron chi connectivity index (χ0n) is 12.7. The summed E-state index contributed by atoms with van der Waals surface area (Å²) in [7, 11) is 0. The average molecular weight is 336 g/mol. The van der Waals surface area contributed by atoms with Gasteiger partial charge in [0.25, 0.3) is 0 Å². The van der Waals surface area contributed by atoms with Gasteiger partial charge in [0.15, 0.2) is 0 Å². The first kappa shape index (κ1) is 14.7. The Kier molecular flexibility index (Phi) is 3.84. The number of aromatic amines is 1. The van der Waals surface area contributed by atoms with Crippen LogP contribution >= 0.6 is 11.6 Å². The molecule has 4 rings (SSSR count). The fourth-order valence-electron chi connectivity index (χ4n) is 2.59. The number of benzene rings is 1. The molecule has 0 saturated heterocycles. The Bertz CT molecular complexity index is 981. The van der Waals surface area contributed by atoms with Crippen LogP contribution in [0.1, 0.15) is 5.56 Å². The number of hydrogen-bond donors (Lipinski definition) is 2. The lowest BCUT2D eigenvalue weighted by molar-refractivity contribution is 1.09. The molecule has 0 fully saturated rings. The number of nitrogens with one attached hydrogen (secondary N) is 2. The summed E-state index contributed by atoms with van der Waals surface area (Å²) in [4.78, 5) is 15.9. The van der Waals surface area contributed by atoms with Gasteiger partial charge in [-0.15, -0.1) is 0 Å². The van der Waals surface area contributed by atoms with Crippen molar-refractivity contribution < 1.29 is 0 Å². The lowest BCUT2D eigenvalue weighted by Gasteiger charge is -2.08. The molecule has 0 bridgehead atoms. The standard InChI is InChI=1S/C18H14ClN5/c19-18-23-16-14(7-9-21-16)17(24-18)22-11-12-6-8-20-15(10-12)13-4-2-1-3-5-13/h1-10H,11H2,(H2,21,22,23,24). The molecule has 0 aliphatic carbocycles. The third-order valence-electron chi connectivity index (χ3n) is 3.74. The highest BCUT2D eigenvalue weighted by molar-refractivity contribution is 6.28. The molecule has 2 N–H and O–H groups in total. The van der Waals surface area contributed by atoms with Gasteiger partial charge in [-0.1, -0.05) is 30.3 Å². The molecule has 5 nitrogen and oxygen atoms in total. The number of fused-ring (bicyclic) bond motifs is 1. The molecule has 3 aromatic heterocycles. The number of anilines is 1. The van der Waals surface area contributed by atoms with Crippen LogP contribution in [0.15, 0.2) is 60.9 Å². The first-order valence-corrected chi connectivity index (χ1v) is 7.92. The Labute approximate surface area is 143 Å². The highest BCUT2D eigenvalue weighted by Gasteiger charge is 2.08. The molecule has 118 valence electrons. The largest absolute Gasteiger partial charge is 0.365 e. The van der Waals surface area contributed by atoms with Gasteiger partial charge in [0.05, 0.1) is 11.1 Å². The van der Waals surface area contributed by atoms with E-state index >= 15 is 0 Å². The molecule has 0 radical (unpaired) electrons. The third-order valence-corrected chi connectivity index (χ3v) is 3.91. The van der Waals surface area contributed by atoms with Gasteiger partial charge in [-0.2, -0.15) is 4.98 Å². The van der Waals surface area contributed by atoms with E-state index in [0.29, 0.717) is 12.4 Å². The zero-order valence-corrected chi connectivity index (χ0v) is 13.5. The summed E-state index contributed by atoms with van der Waals surface area (Å²) in [6.07, 6.45) is 3.64. The van der Waals surface area contributed by atoms with Gasteiger partial charge >= 0.3 is 0 Å². The van der Waals surface area contributed by atoms with Crippen LogP contribution < -0.4 is 5.32 Å². The average Bonchev–Trinajstić information content (AvgIpc) is 3.09. The van der Waals surface area contributed by atoms with Gasteiger partial charge in [0.1, 0.15) is 11.5 Å². The van der Waals surface area contributed by atoms with E-state index in [2.05, 4.69) is 31.3 Å². The lowest BCUT2D eigenvalue weighted by atomic mass is 10.1. The Balaban J connectivity index is 1.59. The van der Waals surface area contributed by atoms with E-state index in [1.165, 1.54) is 0 Å². The van der Waals surface area contributed by atoms with Crippen molar-refractivity contribution in [3.05, 3.63) is 71.8 Å². The van der Waals surface area contributed by atoms with Crippen LogP contribution in [0.2, 0.25) is 5.28 Å². The van der Waals surface area contributed by atoms with Crippen molar-refractivity contribution in [2.24, 2.45) is 0 Å². The van der Waals surface area contributed by atoms with E-state index in [1.54, 1.807) is 0 Å². The fraction of sp³-hybridized carbons (Fsp3) is 0.0556. The minimum absolute atomic E-state index is 0.215. The SMILES string of the molecule is Clc1nc(NCc2ccnc(-c3ccccc3)c2)c2cc[nH]c2n1. The molecule has 0 spiro atoms. The van der Waals surface area contributed by atoms with Crippen LogP contribution in [0.4, 0.5) is 5.82 Å². The van der Waals surface area contributed by atoms with E-state index in [9.17, 15) is 0 Å². The van der Waals surface area contributed by atoms with Gasteiger partial charge < -0.3 is 10.3 Å². The quantitative estimate of drug-likeness (QED) is 0.546. The highest BCUT2D eigenvalue weighted by atomic mass is 35.5. The molecule has 0 aliphatic heterocycles. The molecule has 6 heteroatoms. The van der Waals surface area contributed by atoms with Gasteiger partial charge in [-0.25, -0.2) is 4.98 Å². The Morgan fingerprint density at radius 3 is 2.79 bits per heavy atom. The van der Waals surface area contributed by atoms with Crippen LogP contribution in [0.3, 0.4) is 0 Å². The molecule has 0 saturated carbocycles. The van der Waals surface area contributed by atoms with E-state index < -0.39 is 0 Å². The molecule has 4 aromatic rings. The predicted molar refractivity (Wildman–Crippen MR) is 95.9 cm³/mol. The van der Waals surface area contributed by atoms with Crippen LogP contribution in [0.25, 0.3) is 22.3 Å².